The summed E-state index contributed by atoms with van der Waals surface area (Å²) in [6.45, 7) is 2.12. The van der Waals surface area contributed by atoms with E-state index in [1.807, 2.05) is 30.3 Å². The number of carbonyl (C=O) groups is 2. The Labute approximate surface area is 164 Å². The van der Waals surface area contributed by atoms with Gasteiger partial charge in [0.15, 0.2) is 0 Å². The summed E-state index contributed by atoms with van der Waals surface area (Å²) in [4.78, 5) is 26.2. The van der Waals surface area contributed by atoms with Crippen LogP contribution in [0.5, 0.6) is 0 Å². The van der Waals surface area contributed by atoms with Crippen LogP contribution < -0.4 is 5.32 Å². The fourth-order valence-corrected chi connectivity index (χ4v) is 4.60. The lowest BCUT2D eigenvalue weighted by Crippen LogP contribution is -2.13. The van der Waals surface area contributed by atoms with E-state index in [9.17, 15) is 9.59 Å². The molecule has 27 heavy (non-hydrogen) atoms. The van der Waals surface area contributed by atoms with Gasteiger partial charge in [0.2, 0.25) is 5.91 Å². The Bertz CT molecular complexity index is 824. The lowest BCUT2D eigenvalue weighted by atomic mass is 9.96. The monoisotopic (exact) mass is 383 g/mol. The highest BCUT2D eigenvalue weighted by molar-refractivity contribution is 7.17. The summed E-state index contributed by atoms with van der Waals surface area (Å²) in [6, 6.07) is 9.66. The summed E-state index contributed by atoms with van der Waals surface area (Å²) >= 11 is 1.52. The van der Waals surface area contributed by atoms with Crippen molar-refractivity contribution < 1.29 is 14.3 Å². The smallest absolute Gasteiger partial charge is 0.341 e. The zero-order valence-electron chi connectivity index (χ0n) is 15.6. The second-order valence-electron chi connectivity index (χ2n) is 6.58. The maximum Gasteiger partial charge on any atom is 0.341 e. The van der Waals surface area contributed by atoms with Crippen molar-refractivity contribution in [2.45, 2.75) is 45.4 Å². The number of thiophene rings is 1. The Morgan fingerprint density at radius 1 is 1.11 bits per heavy atom. The first-order valence-electron chi connectivity index (χ1n) is 9.54. The van der Waals surface area contributed by atoms with E-state index < -0.39 is 0 Å². The fourth-order valence-electron chi connectivity index (χ4n) is 3.32. The Morgan fingerprint density at radius 3 is 2.59 bits per heavy atom. The normalized spacial score (nSPS) is 14.3. The molecule has 1 aromatic heterocycles. The predicted octanol–water partition coefficient (Wildman–Crippen LogP) is 5.24. The van der Waals surface area contributed by atoms with Crippen LogP contribution in [0.3, 0.4) is 0 Å². The van der Waals surface area contributed by atoms with Gasteiger partial charge in [-0.25, -0.2) is 4.79 Å². The van der Waals surface area contributed by atoms with Gasteiger partial charge in [-0.15, -0.1) is 11.3 Å². The van der Waals surface area contributed by atoms with E-state index in [2.05, 4.69) is 5.32 Å². The first-order chi connectivity index (χ1) is 13.2. The molecule has 3 rings (SSSR count). The van der Waals surface area contributed by atoms with Crippen LogP contribution in [0.4, 0.5) is 5.00 Å². The lowest BCUT2D eigenvalue weighted by molar-refractivity contribution is -0.111. The average molecular weight is 384 g/mol. The Hall–Kier alpha value is -2.40. The standard InChI is InChI=1S/C22H25NO3S/c1-2-26-22(25)20-17-12-8-3-4-9-13-18(17)27-21(20)23-19(24)15-14-16-10-6-5-7-11-16/h5-7,10-11,14-15H,2-4,8-9,12-13H2,1H3,(H,23,24). The van der Waals surface area contributed by atoms with E-state index in [0.29, 0.717) is 17.2 Å². The summed E-state index contributed by atoms with van der Waals surface area (Å²) in [5.41, 5.74) is 2.58. The van der Waals surface area contributed by atoms with Gasteiger partial charge in [0, 0.05) is 11.0 Å². The van der Waals surface area contributed by atoms with Gasteiger partial charge in [-0.1, -0.05) is 43.2 Å². The Morgan fingerprint density at radius 2 is 1.85 bits per heavy atom. The molecule has 0 saturated heterocycles. The first kappa shape index (κ1) is 19.4. The number of hydrogen-bond acceptors (Lipinski definition) is 4. The molecule has 0 unspecified atom stereocenters. The molecule has 1 aliphatic rings. The molecule has 0 fully saturated rings. The number of carbonyl (C=O) groups excluding carboxylic acids is 2. The zero-order valence-corrected chi connectivity index (χ0v) is 16.4. The molecule has 0 aliphatic heterocycles. The minimum Gasteiger partial charge on any atom is -0.462 e. The number of hydrogen-bond donors (Lipinski definition) is 1. The number of nitrogens with one attached hydrogen (secondary N) is 1. The minimum absolute atomic E-state index is 0.237. The molecule has 1 heterocycles. The van der Waals surface area contributed by atoms with Gasteiger partial charge < -0.3 is 10.1 Å². The molecule has 0 spiro atoms. The van der Waals surface area contributed by atoms with Crippen LogP contribution in [-0.4, -0.2) is 18.5 Å². The summed E-state index contributed by atoms with van der Waals surface area (Å²) in [5.74, 6) is -0.573. The van der Waals surface area contributed by atoms with Crippen LogP contribution >= 0.6 is 11.3 Å². The lowest BCUT2D eigenvalue weighted by Gasteiger charge is -2.11. The summed E-state index contributed by atoms with van der Waals surface area (Å²) < 4.78 is 5.27. The molecule has 1 N–H and O–H groups in total. The van der Waals surface area contributed by atoms with E-state index in [1.54, 1.807) is 13.0 Å². The molecular weight excluding hydrogens is 358 g/mol. The quantitative estimate of drug-likeness (QED) is 0.568. The van der Waals surface area contributed by atoms with Crippen LogP contribution in [0.2, 0.25) is 0 Å². The van der Waals surface area contributed by atoms with Crippen LogP contribution in [0, 0.1) is 0 Å². The summed E-state index contributed by atoms with van der Waals surface area (Å²) in [5, 5.41) is 3.52. The number of amides is 1. The molecule has 0 radical (unpaired) electrons. The highest BCUT2D eigenvalue weighted by Gasteiger charge is 2.25. The third-order valence-electron chi connectivity index (χ3n) is 4.61. The van der Waals surface area contributed by atoms with Gasteiger partial charge >= 0.3 is 5.97 Å². The molecule has 0 saturated carbocycles. The van der Waals surface area contributed by atoms with Crippen LogP contribution in [0.1, 0.15) is 59.0 Å². The van der Waals surface area contributed by atoms with Crippen molar-refractivity contribution in [2.24, 2.45) is 0 Å². The fraction of sp³-hybridized carbons (Fsp3) is 0.364. The summed E-state index contributed by atoms with van der Waals surface area (Å²) in [7, 11) is 0. The molecule has 1 aliphatic carbocycles. The largest absolute Gasteiger partial charge is 0.462 e. The molecule has 5 heteroatoms. The van der Waals surface area contributed by atoms with Gasteiger partial charge in [-0.05, 0) is 49.8 Å². The molecule has 142 valence electrons. The minimum atomic E-state index is -0.335. The van der Waals surface area contributed by atoms with E-state index in [4.69, 9.17) is 4.74 Å². The van der Waals surface area contributed by atoms with Crippen molar-refractivity contribution in [3.8, 4) is 0 Å². The van der Waals surface area contributed by atoms with Gasteiger partial charge in [0.1, 0.15) is 5.00 Å². The third-order valence-corrected chi connectivity index (χ3v) is 5.82. The van der Waals surface area contributed by atoms with Crippen LogP contribution in [0.15, 0.2) is 36.4 Å². The summed E-state index contributed by atoms with van der Waals surface area (Å²) in [6.07, 6.45) is 9.68. The molecular formula is C22H25NO3S. The number of anilines is 1. The molecule has 0 atom stereocenters. The molecule has 0 bridgehead atoms. The van der Waals surface area contributed by atoms with Crippen molar-refractivity contribution in [1.29, 1.82) is 0 Å². The van der Waals surface area contributed by atoms with E-state index in [0.717, 1.165) is 36.8 Å². The van der Waals surface area contributed by atoms with Crippen molar-refractivity contribution >= 4 is 34.3 Å². The Kier molecular flexibility index (Phi) is 6.82. The average Bonchev–Trinajstić information content (AvgIpc) is 2.97. The molecule has 4 nitrogen and oxygen atoms in total. The van der Waals surface area contributed by atoms with Crippen LogP contribution in [-0.2, 0) is 22.4 Å². The number of rotatable bonds is 5. The molecule has 1 amide bonds. The zero-order chi connectivity index (χ0) is 19.1. The molecule has 2 aromatic rings. The highest BCUT2D eigenvalue weighted by atomic mass is 32.1. The van der Waals surface area contributed by atoms with E-state index >= 15 is 0 Å². The van der Waals surface area contributed by atoms with Crippen LogP contribution in [0.25, 0.3) is 6.08 Å². The second-order valence-corrected chi connectivity index (χ2v) is 7.68. The van der Waals surface area contributed by atoms with Gasteiger partial charge in [-0.2, -0.15) is 0 Å². The predicted molar refractivity (Wildman–Crippen MR) is 110 cm³/mol. The maximum absolute atomic E-state index is 12.6. The van der Waals surface area contributed by atoms with E-state index in [-0.39, 0.29) is 11.9 Å². The Balaban J connectivity index is 1.84. The van der Waals surface area contributed by atoms with E-state index in [1.165, 1.54) is 35.1 Å². The SMILES string of the molecule is CCOC(=O)c1c(NC(=O)C=Cc2ccccc2)sc2c1CCCCCC2. The van der Waals surface area contributed by atoms with Crippen molar-refractivity contribution in [1.82, 2.24) is 0 Å². The topological polar surface area (TPSA) is 55.4 Å². The third kappa shape index (κ3) is 5.07. The first-order valence-corrected chi connectivity index (χ1v) is 10.4. The van der Waals surface area contributed by atoms with Gasteiger partial charge in [0.25, 0.3) is 0 Å². The van der Waals surface area contributed by atoms with Gasteiger partial charge in [0.05, 0.1) is 12.2 Å². The number of benzene rings is 1. The molecule has 1 aromatic carbocycles. The number of fused-ring (bicyclic) bond motifs is 1. The van der Waals surface area contributed by atoms with Crippen molar-refractivity contribution in [3.05, 3.63) is 58.0 Å². The highest BCUT2D eigenvalue weighted by Crippen LogP contribution is 2.37. The van der Waals surface area contributed by atoms with Gasteiger partial charge in [-0.3, -0.25) is 4.79 Å². The number of esters is 1. The second kappa shape index (κ2) is 9.51. The number of ether oxygens (including phenoxy) is 1. The number of aryl methyl sites for hydroxylation is 1. The van der Waals surface area contributed by atoms with Crippen molar-refractivity contribution in [3.63, 3.8) is 0 Å². The maximum atomic E-state index is 12.6. The van der Waals surface area contributed by atoms with Crippen molar-refractivity contribution in [2.75, 3.05) is 11.9 Å².